The van der Waals surface area contributed by atoms with Gasteiger partial charge in [0, 0.05) is 57.5 Å². The van der Waals surface area contributed by atoms with Crippen LogP contribution < -0.4 is 0 Å². The third kappa shape index (κ3) is 4.85. The Morgan fingerprint density at radius 1 is 1.20 bits per heavy atom. The van der Waals surface area contributed by atoms with E-state index >= 15 is 0 Å². The van der Waals surface area contributed by atoms with Crippen LogP contribution in [0.1, 0.15) is 42.1 Å². The van der Waals surface area contributed by atoms with E-state index in [9.17, 15) is 18.0 Å². The molecule has 10 heteroatoms. The normalized spacial score (nSPS) is 18.1. The number of pyridine rings is 1. The van der Waals surface area contributed by atoms with Gasteiger partial charge in [-0.15, -0.1) is 0 Å². The lowest BCUT2D eigenvalue weighted by Gasteiger charge is -2.34. The molecule has 1 aliphatic carbocycles. The summed E-state index contributed by atoms with van der Waals surface area (Å²) in [5.74, 6) is 0.0482. The van der Waals surface area contributed by atoms with Crippen LogP contribution in [0.15, 0.2) is 29.0 Å². The topological polar surface area (TPSA) is 54.3 Å². The molecule has 6 nitrogen and oxygen atoms in total. The van der Waals surface area contributed by atoms with Crippen molar-refractivity contribution in [1.29, 1.82) is 0 Å². The van der Waals surface area contributed by atoms with Crippen molar-refractivity contribution in [1.82, 2.24) is 24.6 Å². The molecule has 0 N–H and O–H groups in total. The Morgan fingerprint density at radius 2 is 1.93 bits per heavy atom. The first-order valence-electron chi connectivity index (χ1n) is 10.1. The van der Waals surface area contributed by atoms with Gasteiger partial charge in [-0.1, -0.05) is 6.07 Å². The Hall–Kier alpha value is -1.94. The van der Waals surface area contributed by atoms with Crippen molar-refractivity contribution in [2.45, 2.75) is 44.4 Å². The van der Waals surface area contributed by atoms with E-state index in [4.69, 9.17) is 0 Å². The Kier molecular flexibility index (Phi) is 6.15. The van der Waals surface area contributed by atoms with Crippen LogP contribution in [0.3, 0.4) is 0 Å². The fourth-order valence-electron chi connectivity index (χ4n) is 3.82. The molecule has 0 spiro atoms. The van der Waals surface area contributed by atoms with Crippen LogP contribution in [0.4, 0.5) is 13.2 Å². The van der Waals surface area contributed by atoms with Crippen LogP contribution in [-0.2, 0) is 24.1 Å². The Labute approximate surface area is 181 Å². The van der Waals surface area contributed by atoms with Gasteiger partial charge in [0.2, 0.25) is 5.91 Å². The fourth-order valence-corrected chi connectivity index (χ4v) is 4.65. The van der Waals surface area contributed by atoms with Crippen molar-refractivity contribution < 1.29 is 18.0 Å². The molecule has 1 saturated carbocycles. The quantitative estimate of drug-likeness (QED) is 0.626. The van der Waals surface area contributed by atoms with E-state index in [0.717, 1.165) is 38.0 Å². The van der Waals surface area contributed by atoms with Gasteiger partial charge >= 0.3 is 6.18 Å². The number of nitrogens with zero attached hydrogens (tertiary/aromatic N) is 5. The maximum Gasteiger partial charge on any atom is 0.436 e. The van der Waals surface area contributed by atoms with Gasteiger partial charge in [0.1, 0.15) is 0 Å². The summed E-state index contributed by atoms with van der Waals surface area (Å²) in [7, 11) is 0. The summed E-state index contributed by atoms with van der Waals surface area (Å²) < 4.78 is 41.1. The van der Waals surface area contributed by atoms with E-state index in [0.29, 0.717) is 18.8 Å². The van der Waals surface area contributed by atoms with Crippen molar-refractivity contribution in [3.63, 3.8) is 0 Å². The molecule has 1 amide bonds. The van der Waals surface area contributed by atoms with E-state index < -0.39 is 11.9 Å². The molecule has 30 heavy (non-hydrogen) atoms. The summed E-state index contributed by atoms with van der Waals surface area (Å²) in [6, 6.07) is 3.93. The monoisotopic (exact) mass is 485 g/mol. The SMILES string of the molecule is O=C(CCn1nc(C(F)(F)F)c(Br)c1C1CC1)N1CCN(Cc2cccnc2)CC1. The zero-order valence-corrected chi connectivity index (χ0v) is 18.0. The summed E-state index contributed by atoms with van der Waals surface area (Å²) in [5.41, 5.74) is 0.798. The minimum absolute atomic E-state index is 0.0222. The average Bonchev–Trinajstić information content (AvgIpc) is 3.49. The average molecular weight is 486 g/mol. The highest BCUT2D eigenvalue weighted by Crippen LogP contribution is 2.47. The second-order valence-corrected chi connectivity index (χ2v) is 8.60. The van der Waals surface area contributed by atoms with E-state index in [-0.39, 0.29) is 29.3 Å². The van der Waals surface area contributed by atoms with Crippen molar-refractivity contribution in [3.8, 4) is 0 Å². The van der Waals surface area contributed by atoms with Gasteiger partial charge in [-0.25, -0.2) is 0 Å². The van der Waals surface area contributed by atoms with Gasteiger partial charge in [0.15, 0.2) is 5.69 Å². The van der Waals surface area contributed by atoms with Gasteiger partial charge in [-0.2, -0.15) is 18.3 Å². The largest absolute Gasteiger partial charge is 0.436 e. The smallest absolute Gasteiger partial charge is 0.340 e. The number of carbonyl (C=O) groups excluding carboxylic acids is 1. The number of aryl methyl sites for hydroxylation is 1. The number of halogens is 4. The van der Waals surface area contributed by atoms with Gasteiger partial charge < -0.3 is 4.90 Å². The molecule has 1 saturated heterocycles. The number of piperazine rings is 1. The molecule has 0 bridgehead atoms. The number of hydrogen-bond acceptors (Lipinski definition) is 4. The lowest BCUT2D eigenvalue weighted by Crippen LogP contribution is -2.48. The Morgan fingerprint density at radius 3 is 2.53 bits per heavy atom. The van der Waals surface area contributed by atoms with Gasteiger partial charge in [0.05, 0.1) is 16.7 Å². The van der Waals surface area contributed by atoms with Crippen LogP contribution in [0.5, 0.6) is 0 Å². The number of carbonyl (C=O) groups is 1. The molecule has 4 rings (SSSR count). The molecule has 3 heterocycles. The molecule has 0 unspecified atom stereocenters. The predicted molar refractivity (Wildman–Crippen MR) is 108 cm³/mol. The van der Waals surface area contributed by atoms with Crippen LogP contribution in [0.25, 0.3) is 0 Å². The Bertz CT molecular complexity index is 890. The van der Waals surface area contributed by atoms with E-state index in [1.54, 1.807) is 11.1 Å². The molecular formula is C20H23BrF3N5O. The predicted octanol–water partition coefficient (Wildman–Crippen LogP) is 3.67. The summed E-state index contributed by atoms with van der Waals surface area (Å²) in [5, 5.41) is 3.78. The van der Waals surface area contributed by atoms with Gasteiger partial charge in [0.25, 0.3) is 0 Å². The second kappa shape index (κ2) is 8.66. The van der Waals surface area contributed by atoms with Gasteiger partial charge in [-0.05, 0) is 40.4 Å². The third-order valence-electron chi connectivity index (χ3n) is 5.56. The molecule has 2 aliphatic rings. The lowest BCUT2D eigenvalue weighted by atomic mass is 10.2. The van der Waals surface area contributed by atoms with Crippen LogP contribution in [0, 0.1) is 0 Å². The minimum Gasteiger partial charge on any atom is -0.340 e. The summed E-state index contributed by atoms with van der Waals surface area (Å²) in [6.45, 7) is 3.72. The maximum absolute atomic E-state index is 13.2. The lowest BCUT2D eigenvalue weighted by molar-refractivity contribution is -0.142. The summed E-state index contributed by atoms with van der Waals surface area (Å²) >= 11 is 3.09. The van der Waals surface area contributed by atoms with Crippen molar-refractivity contribution in [2.75, 3.05) is 26.2 Å². The second-order valence-electron chi connectivity index (χ2n) is 7.81. The zero-order chi connectivity index (χ0) is 21.3. The molecule has 0 aromatic carbocycles. The van der Waals surface area contributed by atoms with Crippen LogP contribution in [0.2, 0.25) is 0 Å². The maximum atomic E-state index is 13.2. The summed E-state index contributed by atoms with van der Waals surface area (Å²) in [4.78, 5) is 20.8. The minimum atomic E-state index is -4.51. The zero-order valence-electron chi connectivity index (χ0n) is 16.4. The first kappa shape index (κ1) is 21.3. The first-order valence-corrected chi connectivity index (χ1v) is 10.8. The summed E-state index contributed by atoms with van der Waals surface area (Å²) in [6.07, 6.45) is 0.926. The fraction of sp³-hybridized carbons (Fsp3) is 0.550. The molecule has 0 radical (unpaired) electrons. The third-order valence-corrected chi connectivity index (χ3v) is 6.34. The molecule has 162 valence electrons. The van der Waals surface area contributed by atoms with Crippen molar-refractivity contribution in [3.05, 3.63) is 46.0 Å². The molecular weight excluding hydrogens is 463 g/mol. The van der Waals surface area contributed by atoms with Crippen LogP contribution >= 0.6 is 15.9 Å². The highest BCUT2D eigenvalue weighted by atomic mass is 79.9. The number of aromatic nitrogens is 3. The molecule has 2 aromatic rings. The molecule has 1 aliphatic heterocycles. The van der Waals surface area contributed by atoms with Gasteiger partial charge in [-0.3, -0.25) is 19.4 Å². The Balaban J connectivity index is 1.32. The number of amides is 1. The van der Waals surface area contributed by atoms with E-state index in [1.165, 1.54) is 4.68 Å². The first-order chi connectivity index (χ1) is 14.3. The number of alkyl halides is 3. The molecule has 0 atom stereocenters. The van der Waals surface area contributed by atoms with Crippen molar-refractivity contribution in [2.24, 2.45) is 0 Å². The number of rotatable bonds is 6. The highest BCUT2D eigenvalue weighted by molar-refractivity contribution is 9.10. The van der Waals surface area contributed by atoms with E-state index in [2.05, 4.69) is 30.9 Å². The molecule has 2 aromatic heterocycles. The van der Waals surface area contributed by atoms with Crippen molar-refractivity contribution >= 4 is 21.8 Å². The number of hydrogen-bond donors (Lipinski definition) is 0. The highest BCUT2D eigenvalue weighted by Gasteiger charge is 2.41. The standard InChI is InChI=1S/C20H23BrF3N5O/c21-17-18(15-3-4-15)29(26-19(17)20(22,23)24)7-5-16(30)28-10-8-27(9-11-28)13-14-2-1-6-25-12-14/h1-2,6,12,15H,3-5,7-11,13H2. The van der Waals surface area contributed by atoms with E-state index in [1.807, 2.05) is 18.3 Å². The molecule has 2 fully saturated rings. The van der Waals surface area contributed by atoms with Crippen LogP contribution in [-0.4, -0.2) is 56.7 Å².